The Bertz CT molecular complexity index is 519. The fourth-order valence-electron chi connectivity index (χ4n) is 6.28. The quantitative estimate of drug-likeness (QED) is 0.767. The minimum absolute atomic E-state index is 0.00987. The molecule has 0 bridgehead atoms. The molecule has 0 amide bonds. The fourth-order valence-corrected chi connectivity index (χ4v) is 6.28. The van der Waals surface area contributed by atoms with Crippen molar-refractivity contribution in [2.45, 2.75) is 51.7 Å². The Morgan fingerprint density at radius 1 is 1.24 bits per heavy atom. The molecule has 0 spiro atoms. The second-order valence-electron chi connectivity index (χ2n) is 9.47. The number of nitrogens with zero attached hydrogens (tertiary/aromatic N) is 2. The molecule has 25 heavy (non-hydrogen) atoms. The van der Waals surface area contributed by atoms with Gasteiger partial charge in [0.15, 0.2) is 0 Å². The normalized spacial score (nSPS) is 48.7. The number of likely N-dealkylation sites (N-methyl/N-ethyl adjacent to an activating group) is 1. The van der Waals surface area contributed by atoms with Gasteiger partial charge in [0.1, 0.15) is 6.10 Å². The number of esters is 1. The molecule has 2 aliphatic carbocycles. The third-order valence-corrected chi connectivity index (χ3v) is 7.94. The minimum Gasteiger partial charge on any atom is -0.462 e. The molecule has 0 unspecified atom stereocenters. The van der Waals surface area contributed by atoms with E-state index in [1.54, 1.807) is 0 Å². The van der Waals surface area contributed by atoms with Gasteiger partial charge in [-0.1, -0.05) is 13.8 Å². The third kappa shape index (κ3) is 3.02. The number of piperazine rings is 1. The van der Waals surface area contributed by atoms with Crippen molar-refractivity contribution in [1.29, 1.82) is 0 Å². The van der Waals surface area contributed by atoms with Crippen LogP contribution >= 0.6 is 0 Å². The molecule has 5 heteroatoms. The molecule has 2 saturated carbocycles. The van der Waals surface area contributed by atoms with Crippen LogP contribution in [0, 0.1) is 29.1 Å². The van der Waals surface area contributed by atoms with E-state index in [0.29, 0.717) is 11.8 Å². The molecule has 2 aliphatic heterocycles. The SMILES string of the molecule is C[C@@H]1C[C@@H]2OC(=O)[C@@H](CN3CCN(C)CC3)[C@H]2C[C@]2(C)[C@@H](O)CC[C@@H]12. The van der Waals surface area contributed by atoms with Crippen LogP contribution in [0.15, 0.2) is 0 Å². The number of fused-ring (bicyclic) bond motifs is 2. The minimum atomic E-state index is -0.223. The van der Waals surface area contributed by atoms with Crippen LogP contribution in [0.2, 0.25) is 0 Å². The van der Waals surface area contributed by atoms with Gasteiger partial charge in [0.25, 0.3) is 0 Å². The number of hydrogen-bond donors (Lipinski definition) is 1. The topological polar surface area (TPSA) is 53.0 Å². The molecule has 0 aromatic heterocycles. The number of ether oxygens (including phenoxy) is 1. The lowest BCUT2D eigenvalue weighted by Crippen LogP contribution is -2.47. The van der Waals surface area contributed by atoms with E-state index in [4.69, 9.17) is 4.74 Å². The Morgan fingerprint density at radius 3 is 2.68 bits per heavy atom. The smallest absolute Gasteiger partial charge is 0.310 e. The van der Waals surface area contributed by atoms with Crippen molar-refractivity contribution < 1.29 is 14.6 Å². The summed E-state index contributed by atoms with van der Waals surface area (Å²) < 4.78 is 5.88. The molecule has 1 N–H and O–H groups in total. The van der Waals surface area contributed by atoms with Crippen molar-refractivity contribution in [3.05, 3.63) is 0 Å². The van der Waals surface area contributed by atoms with Crippen LogP contribution in [0.5, 0.6) is 0 Å². The van der Waals surface area contributed by atoms with E-state index in [9.17, 15) is 9.90 Å². The summed E-state index contributed by atoms with van der Waals surface area (Å²) in [5.74, 6) is 1.36. The average molecular weight is 351 g/mol. The predicted molar refractivity (Wildman–Crippen MR) is 96.0 cm³/mol. The zero-order valence-electron chi connectivity index (χ0n) is 16.0. The summed E-state index contributed by atoms with van der Waals surface area (Å²) in [6.45, 7) is 9.62. The maximum absolute atomic E-state index is 12.7. The molecule has 2 heterocycles. The van der Waals surface area contributed by atoms with E-state index in [1.807, 2.05) is 0 Å². The van der Waals surface area contributed by atoms with E-state index in [1.165, 1.54) is 0 Å². The molecule has 0 aromatic rings. The molecular formula is C20H34N2O3. The Labute approximate surface area is 151 Å². The summed E-state index contributed by atoms with van der Waals surface area (Å²) >= 11 is 0. The van der Waals surface area contributed by atoms with E-state index >= 15 is 0 Å². The van der Waals surface area contributed by atoms with Crippen molar-refractivity contribution >= 4 is 5.97 Å². The number of hydrogen-bond acceptors (Lipinski definition) is 5. The highest BCUT2D eigenvalue weighted by Gasteiger charge is 2.57. The van der Waals surface area contributed by atoms with Gasteiger partial charge < -0.3 is 14.7 Å². The largest absolute Gasteiger partial charge is 0.462 e. The number of rotatable bonds is 2. The van der Waals surface area contributed by atoms with Crippen LogP contribution in [0.4, 0.5) is 0 Å². The molecule has 0 aromatic carbocycles. The summed E-state index contributed by atoms with van der Waals surface area (Å²) in [4.78, 5) is 17.4. The molecule has 4 fully saturated rings. The Kier molecular flexibility index (Phi) is 4.62. The average Bonchev–Trinajstić information content (AvgIpc) is 2.97. The van der Waals surface area contributed by atoms with Crippen molar-refractivity contribution in [1.82, 2.24) is 9.80 Å². The zero-order chi connectivity index (χ0) is 17.8. The predicted octanol–water partition coefficient (Wildman–Crippen LogP) is 1.60. The van der Waals surface area contributed by atoms with Crippen LogP contribution in [0.3, 0.4) is 0 Å². The fraction of sp³-hybridized carbons (Fsp3) is 0.950. The van der Waals surface area contributed by atoms with Gasteiger partial charge >= 0.3 is 5.97 Å². The standard InChI is InChI=1S/C20H34N2O3/c1-13-10-17-14(11-20(2)16(13)4-5-18(20)23)15(19(24)25-17)12-22-8-6-21(3)7-9-22/h13-18,23H,4-12H2,1-3H3/t13-,14-,15+,16+,17+,18+,20+/m1/s1. The van der Waals surface area contributed by atoms with Gasteiger partial charge in [-0.2, -0.15) is 0 Å². The van der Waals surface area contributed by atoms with Gasteiger partial charge in [0.05, 0.1) is 12.0 Å². The summed E-state index contributed by atoms with van der Waals surface area (Å²) in [6, 6.07) is 0. The van der Waals surface area contributed by atoms with Gasteiger partial charge in [0, 0.05) is 38.6 Å². The molecule has 4 aliphatic rings. The van der Waals surface area contributed by atoms with Crippen molar-refractivity contribution in [2.24, 2.45) is 29.1 Å². The van der Waals surface area contributed by atoms with Gasteiger partial charge in [-0.15, -0.1) is 0 Å². The van der Waals surface area contributed by atoms with Crippen molar-refractivity contribution in [2.75, 3.05) is 39.8 Å². The molecule has 7 atom stereocenters. The Hall–Kier alpha value is -0.650. The molecule has 2 saturated heterocycles. The lowest BCUT2D eigenvalue weighted by atomic mass is 9.68. The number of aliphatic hydroxyl groups excluding tert-OH is 1. The summed E-state index contributed by atoms with van der Waals surface area (Å²) in [6.07, 6.45) is 3.80. The second kappa shape index (κ2) is 6.50. The highest BCUT2D eigenvalue weighted by Crippen LogP contribution is 2.57. The second-order valence-corrected chi connectivity index (χ2v) is 9.47. The third-order valence-electron chi connectivity index (χ3n) is 7.94. The maximum atomic E-state index is 12.7. The zero-order valence-corrected chi connectivity index (χ0v) is 16.0. The van der Waals surface area contributed by atoms with Gasteiger partial charge in [0.2, 0.25) is 0 Å². The number of carbonyl (C=O) groups excluding carboxylic acids is 1. The first-order chi connectivity index (χ1) is 11.9. The Balaban J connectivity index is 1.52. The van der Waals surface area contributed by atoms with Crippen molar-refractivity contribution in [3.8, 4) is 0 Å². The molecule has 4 rings (SSSR count). The first-order valence-electron chi connectivity index (χ1n) is 10.2. The lowest BCUT2D eigenvalue weighted by Gasteiger charge is -2.38. The maximum Gasteiger partial charge on any atom is 0.310 e. The van der Waals surface area contributed by atoms with Crippen LogP contribution in [-0.2, 0) is 9.53 Å². The van der Waals surface area contributed by atoms with E-state index < -0.39 is 0 Å². The van der Waals surface area contributed by atoms with Crippen LogP contribution < -0.4 is 0 Å². The highest BCUT2D eigenvalue weighted by atomic mass is 16.6. The Morgan fingerprint density at radius 2 is 1.96 bits per heavy atom. The van der Waals surface area contributed by atoms with Gasteiger partial charge in [-0.3, -0.25) is 9.69 Å². The summed E-state index contributed by atoms with van der Waals surface area (Å²) in [5.41, 5.74) is -0.0484. The van der Waals surface area contributed by atoms with Crippen molar-refractivity contribution in [3.63, 3.8) is 0 Å². The number of carbonyl (C=O) groups is 1. The molecular weight excluding hydrogens is 316 g/mol. The lowest BCUT2D eigenvalue weighted by molar-refractivity contribution is -0.145. The van der Waals surface area contributed by atoms with E-state index in [0.717, 1.165) is 58.4 Å². The van der Waals surface area contributed by atoms with E-state index in [-0.39, 0.29) is 35.4 Å². The van der Waals surface area contributed by atoms with Gasteiger partial charge in [-0.05, 0) is 50.0 Å². The monoisotopic (exact) mass is 350 g/mol. The van der Waals surface area contributed by atoms with Crippen LogP contribution in [0.25, 0.3) is 0 Å². The highest BCUT2D eigenvalue weighted by molar-refractivity contribution is 5.75. The van der Waals surface area contributed by atoms with Crippen LogP contribution in [0.1, 0.15) is 39.5 Å². The number of aliphatic hydroxyl groups is 1. The molecule has 5 nitrogen and oxygen atoms in total. The van der Waals surface area contributed by atoms with E-state index in [2.05, 4.69) is 30.7 Å². The summed E-state index contributed by atoms with van der Waals surface area (Å²) in [5, 5.41) is 10.7. The van der Waals surface area contributed by atoms with Gasteiger partial charge in [-0.25, -0.2) is 0 Å². The van der Waals surface area contributed by atoms with Crippen LogP contribution in [-0.4, -0.2) is 72.9 Å². The summed E-state index contributed by atoms with van der Waals surface area (Å²) in [7, 11) is 2.16. The molecule has 0 radical (unpaired) electrons. The first-order valence-corrected chi connectivity index (χ1v) is 10.2. The molecule has 142 valence electrons. The first kappa shape index (κ1) is 17.7.